The van der Waals surface area contributed by atoms with Crippen LogP contribution in [-0.4, -0.2) is 19.1 Å². The highest BCUT2D eigenvalue weighted by Crippen LogP contribution is 2.40. The molecule has 5 aromatic carbocycles. The molecule has 0 N–H and O–H groups in total. The monoisotopic (exact) mass is 594 g/mol. The van der Waals surface area contributed by atoms with Gasteiger partial charge in [0.15, 0.2) is 0 Å². The summed E-state index contributed by atoms with van der Waals surface area (Å²) in [6, 6.07) is 31.2. The second-order valence-electron chi connectivity index (χ2n) is 12.8. The molecule has 4 heteroatoms. The Morgan fingerprint density at radius 2 is 0.848 bits per heavy atom. The maximum absolute atomic E-state index is 4.46. The van der Waals surface area contributed by atoms with E-state index in [4.69, 9.17) is 0 Å². The Morgan fingerprint density at radius 1 is 0.435 bits per heavy atom. The first-order chi connectivity index (χ1) is 22.5. The molecular weight excluding hydrogens is 560 g/mol. The van der Waals surface area contributed by atoms with E-state index in [-0.39, 0.29) is 0 Å². The number of nitrogens with zero attached hydrogens (tertiary/aromatic N) is 4. The number of aryl methyl sites for hydroxylation is 4. The second-order valence-corrected chi connectivity index (χ2v) is 12.8. The molecular formula is C42H34N4. The molecule has 9 aromatic rings. The van der Waals surface area contributed by atoms with Crippen LogP contribution in [0.2, 0.25) is 0 Å². The van der Waals surface area contributed by atoms with Crippen LogP contribution in [0.15, 0.2) is 110 Å². The third kappa shape index (κ3) is 3.73. The fourth-order valence-electron chi connectivity index (χ4n) is 8.15. The molecule has 0 saturated heterocycles. The van der Waals surface area contributed by atoms with Crippen LogP contribution in [0.5, 0.6) is 0 Å². The van der Waals surface area contributed by atoms with Gasteiger partial charge in [-0.1, -0.05) is 60.7 Å². The van der Waals surface area contributed by atoms with E-state index in [1.165, 1.54) is 98.5 Å². The number of aromatic nitrogens is 4. The van der Waals surface area contributed by atoms with Crippen LogP contribution in [-0.2, 0) is 13.1 Å². The molecule has 4 aromatic heterocycles. The van der Waals surface area contributed by atoms with E-state index in [1.54, 1.807) is 0 Å². The SMILES string of the molecule is Cc1c2cnccc2c(C)c2c1c1ccccc1n2Cc1ccc(Cn2c3ccccc3c3c(C)c4cnccc4c(C)c32)cc1. The highest BCUT2D eigenvalue weighted by atomic mass is 15.0. The minimum Gasteiger partial charge on any atom is -0.336 e. The molecule has 0 amide bonds. The van der Waals surface area contributed by atoms with Crippen molar-refractivity contribution in [1.82, 2.24) is 19.1 Å². The Hall–Kier alpha value is -5.48. The summed E-state index contributed by atoms with van der Waals surface area (Å²) in [6.45, 7) is 10.6. The van der Waals surface area contributed by atoms with Crippen LogP contribution in [0.3, 0.4) is 0 Å². The first-order valence-corrected chi connectivity index (χ1v) is 16.1. The lowest BCUT2D eigenvalue weighted by molar-refractivity contribution is 0.850. The van der Waals surface area contributed by atoms with Gasteiger partial charge >= 0.3 is 0 Å². The van der Waals surface area contributed by atoms with Gasteiger partial charge in [-0.15, -0.1) is 0 Å². The van der Waals surface area contributed by atoms with Crippen molar-refractivity contribution in [3.63, 3.8) is 0 Å². The maximum Gasteiger partial charge on any atom is 0.0533 e. The van der Waals surface area contributed by atoms with Gasteiger partial charge in [-0.05, 0) is 96.1 Å². The summed E-state index contributed by atoms with van der Waals surface area (Å²) < 4.78 is 5.03. The van der Waals surface area contributed by atoms with Gasteiger partial charge in [0, 0.05) is 81.2 Å². The van der Waals surface area contributed by atoms with Gasteiger partial charge in [-0.3, -0.25) is 9.97 Å². The zero-order valence-corrected chi connectivity index (χ0v) is 26.6. The number of fused-ring (bicyclic) bond motifs is 8. The van der Waals surface area contributed by atoms with Crippen LogP contribution in [0.25, 0.3) is 65.2 Å². The molecule has 0 atom stereocenters. The molecule has 0 bridgehead atoms. The van der Waals surface area contributed by atoms with Crippen molar-refractivity contribution in [3.8, 4) is 0 Å². The summed E-state index contributed by atoms with van der Waals surface area (Å²) >= 11 is 0. The summed E-state index contributed by atoms with van der Waals surface area (Å²) in [5.41, 5.74) is 13.0. The number of rotatable bonds is 4. The molecule has 46 heavy (non-hydrogen) atoms. The summed E-state index contributed by atoms with van der Waals surface area (Å²) in [7, 11) is 0. The molecule has 4 nitrogen and oxygen atoms in total. The standard InChI is InChI=1S/C42H34N4/c1-25-35-21-43-19-17-31(35)27(3)41-39(25)33-9-5-7-11-37(33)45(41)23-29-13-15-30(16-14-29)24-46-38-12-8-6-10-34(38)40-26(2)36-22-44-20-18-32(36)28(4)42(40)46/h5-22H,23-24H2,1-4H3. The molecule has 222 valence electrons. The summed E-state index contributed by atoms with van der Waals surface area (Å²) in [5, 5.41) is 10.3. The van der Waals surface area contributed by atoms with Crippen LogP contribution < -0.4 is 0 Å². The van der Waals surface area contributed by atoms with Crippen molar-refractivity contribution in [2.24, 2.45) is 0 Å². The van der Waals surface area contributed by atoms with Crippen LogP contribution in [0, 0.1) is 27.7 Å². The number of hydrogen-bond donors (Lipinski definition) is 0. The predicted molar refractivity (Wildman–Crippen MR) is 193 cm³/mol. The molecule has 0 saturated carbocycles. The molecule has 9 rings (SSSR count). The van der Waals surface area contributed by atoms with Crippen molar-refractivity contribution in [2.75, 3.05) is 0 Å². The molecule has 0 aliphatic carbocycles. The number of pyridine rings is 2. The lowest BCUT2D eigenvalue weighted by atomic mass is 9.97. The van der Waals surface area contributed by atoms with Crippen molar-refractivity contribution < 1.29 is 0 Å². The van der Waals surface area contributed by atoms with Crippen molar-refractivity contribution >= 4 is 65.2 Å². The summed E-state index contributed by atoms with van der Waals surface area (Å²) in [5.74, 6) is 0. The van der Waals surface area contributed by atoms with Gasteiger partial charge < -0.3 is 9.13 Å². The molecule has 0 aliphatic heterocycles. The van der Waals surface area contributed by atoms with E-state index in [0.717, 1.165) is 13.1 Å². The first-order valence-electron chi connectivity index (χ1n) is 16.1. The minimum absolute atomic E-state index is 0.814. The number of hydrogen-bond acceptors (Lipinski definition) is 2. The average Bonchev–Trinajstić information content (AvgIpc) is 3.60. The van der Waals surface area contributed by atoms with E-state index in [1.807, 2.05) is 24.8 Å². The zero-order valence-electron chi connectivity index (χ0n) is 26.6. The molecule has 0 aliphatic rings. The van der Waals surface area contributed by atoms with Gasteiger partial charge in [0.25, 0.3) is 0 Å². The van der Waals surface area contributed by atoms with Gasteiger partial charge in [-0.25, -0.2) is 0 Å². The smallest absolute Gasteiger partial charge is 0.0533 e. The Bertz CT molecular complexity index is 2480. The quantitative estimate of drug-likeness (QED) is 0.203. The number of para-hydroxylation sites is 2. The van der Waals surface area contributed by atoms with Crippen molar-refractivity contribution in [3.05, 3.63) is 143 Å². The molecule has 4 heterocycles. The molecule has 0 fully saturated rings. The van der Waals surface area contributed by atoms with E-state index in [2.05, 4.69) is 132 Å². The molecule has 0 unspecified atom stereocenters. The van der Waals surface area contributed by atoms with E-state index < -0.39 is 0 Å². The fraction of sp³-hybridized carbons (Fsp3) is 0.143. The minimum atomic E-state index is 0.814. The van der Waals surface area contributed by atoms with Gasteiger partial charge in [0.2, 0.25) is 0 Å². The Kier molecular flexibility index (Phi) is 5.85. The first kappa shape index (κ1) is 26.9. The van der Waals surface area contributed by atoms with Gasteiger partial charge in [0.1, 0.15) is 0 Å². The van der Waals surface area contributed by atoms with E-state index in [0.29, 0.717) is 0 Å². The second kappa shape index (κ2) is 10.0. The van der Waals surface area contributed by atoms with Gasteiger partial charge in [0.05, 0.1) is 11.0 Å². The van der Waals surface area contributed by atoms with Crippen LogP contribution >= 0.6 is 0 Å². The molecule has 0 radical (unpaired) electrons. The van der Waals surface area contributed by atoms with Crippen LogP contribution in [0.1, 0.15) is 33.4 Å². The molecule has 0 spiro atoms. The summed E-state index contributed by atoms with van der Waals surface area (Å²) in [6.07, 6.45) is 7.85. The predicted octanol–water partition coefficient (Wildman–Crippen LogP) is 10.3. The normalized spacial score (nSPS) is 12.1. The number of benzene rings is 5. The third-order valence-corrected chi connectivity index (χ3v) is 10.4. The highest BCUT2D eigenvalue weighted by Gasteiger charge is 2.20. The third-order valence-electron chi connectivity index (χ3n) is 10.4. The van der Waals surface area contributed by atoms with Crippen molar-refractivity contribution in [2.45, 2.75) is 40.8 Å². The average molecular weight is 595 g/mol. The van der Waals surface area contributed by atoms with Crippen molar-refractivity contribution in [1.29, 1.82) is 0 Å². The fourth-order valence-corrected chi connectivity index (χ4v) is 8.15. The Labute approximate surface area is 267 Å². The lowest BCUT2D eigenvalue weighted by Gasteiger charge is -2.15. The highest BCUT2D eigenvalue weighted by molar-refractivity contribution is 6.18. The summed E-state index contributed by atoms with van der Waals surface area (Å²) in [4.78, 5) is 8.91. The van der Waals surface area contributed by atoms with E-state index >= 15 is 0 Å². The zero-order chi connectivity index (χ0) is 31.1. The van der Waals surface area contributed by atoms with Gasteiger partial charge in [-0.2, -0.15) is 0 Å². The van der Waals surface area contributed by atoms with Crippen LogP contribution in [0.4, 0.5) is 0 Å². The Balaban J connectivity index is 1.16. The maximum atomic E-state index is 4.46. The lowest BCUT2D eigenvalue weighted by Crippen LogP contribution is -2.03. The Morgan fingerprint density at radius 3 is 1.28 bits per heavy atom. The topological polar surface area (TPSA) is 35.6 Å². The largest absolute Gasteiger partial charge is 0.336 e. The van der Waals surface area contributed by atoms with E-state index in [9.17, 15) is 0 Å².